The molecule has 3 heterocycles. The van der Waals surface area contributed by atoms with Gasteiger partial charge in [0.25, 0.3) is 0 Å². The lowest BCUT2D eigenvalue weighted by Crippen LogP contribution is -2.49. The number of carbonyl (C=O) groups excluding carboxylic acids is 1. The van der Waals surface area contributed by atoms with Crippen molar-refractivity contribution in [1.29, 1.82) is 5.26 Å². The van der Waals surface area contributed by atoms with Crippen LogP contribution in [0.5, 0.6) is 5.88 Å². The molecule has 0 spiro atoms. The van der Waals surface area contributed by atoms with Crippen LogP contribution in [-0.4, -0.2) is 51.0 Å². The first-order valence-electron chi connectivity index (χ1n) is 12.4. The molecule has 0 saturated carbocycles. The minimum atomic E-state index is -0.558. The van der Waals surface area contributed by atoms with Crippen molar-refractivity contribution in [2.75, 3.05) is 25.0 Å². The van der Waals surface area contributed by atoms with Gasteiger partial charge in [0.1, 0.15) is 17.6 Å². The Morgan fingerprint density at radius 3 is 2.56 bits per heavy atom. The first kappa shape index (κ1) is 25.3. The number of anilines is 1. The summed E-state index contributed by atoms with van der Waals surface area (Å²) < 4.78 is 13.7. The van der Waals surface area contributed by atoms with Gasteiger partial charge in [-0.3, -0.25) is 4.68 Å². The minimum Gasteiger partial charge on any atom is -0.472 e. The van der Waals surface area contributed by atoms with Gasteiger partial charge >= 0.3 is 6.09 Å². The van der Waals surface area contributed by atoms with E-state index >= 15 is 0 Å². The van der Waals surface area contributed by atoms with Crippen LogP contribution in [0.2, 0.25) is 0 Å². The summed E-state index contributed by atoms with van der Waals surface area (Å²) >= 11 is 0. The van der Waals surface area contributed by atoms with Crippen molar-refractivity contribution < 1.29 is 14.3 Å². The quantitative estimate of drug-likeness (QED) is 0.492. The lowest BCUT2D eigenvalue weighted by atomic mass is 9.85. The van der Waals surface area contributed by atoms with Crippen molar-refractivity contribution in [1.82, 2.24) is 19.7 Å². The minimum absolute atomic E-state index is 0.278. The highest BCUT2D eigenvalue weighted by Crippen LogP contribution is 2.40. The number of likely N-dealkylation sites (tertiary alicyclic amines) is 1. The Morgan fingerprint density at radius 1 is 1.19 bits per heavy atom. The van der Waals surface area contributed by atoms with Crippen molar-refractivity contribution in [3.63, 3.8) is 0 Å². The van der Waals surface area contributed by atoms with Gasteiger partial charge in [0.2, 0.25) is 5.88 Å². The Bertz CT molecular complexity index is 1230. The molecule has 1 saturated heterocycles. The lowest BCUT2D eigenvalue weighted by Gasteiger charge is -2.41. The van der Waals surface area contributed by atoms with Crippen LogP contribution in [0.1, 0.15) is 52.5 Å². The van der Waals surface area contributed by atoms with E-state index in [0.717, 1.165) is 16.5 Å². The molecule has 9 heteroatoms. The molecular formula is C27H34N6O3. The van der Waals surface area contributed by atoms with Gasteiger partial charge in [-0.2, -0.15) is 10.4 Å². The second-order valence-electron chi connectivity index (χ2n) is 10.1. The highest BCUT2D eigenvalue weighted by molar-refractivity contribution is 5.94. The molecule has 1 fully saturated rings. The van der Waals surface area contributed by atoms with Gasteiger partial charge in [-0.15, -0.1) is 0 Å². The zero-order chi connectivity index (χ0) is 25.8. The van der Waals surface area contributed by atoms with E-state index in [1.54, 1.807) is 11.1 Å². The number of rotatable bonds is 7. The molecule has 1 amide bonds. The second-order valence-corrected chi connectivity index (χ2v) is 10.1. The van der Waals surface area contributed by atoms with E-state index in [1.165, 1.54) is 0 Å². The maximum absolute atomic E-state index is 12.6. The number of piperidine rings is 1. The number of nitrogens with one attached hydrogen (secondary N) is 1. The summed E-state index contributed by atoms with van der Waals surface area (Å²) in [5, 5.41) is 18.8. The molecule has 0 aliphatic carbocycles. The number of nitrogens with zero attached hydrogens (tertiary/aromatic N) is 5. The van der Waals surface area contributed by atoms with Crippen LogP contribution in [0.4, 0.5) is 10.6 Å². The Hall–Kier alpha value is -3.80. The van der Waals surface area contributed by atoms with Crippen LogP contribution in [0.3, 0.4) is 0 Å². The summed E-state index contributed by atoms with van der Waals surface area (Å²) in [7, 11) is 0. The molecule has 1 aliphatic heterocycles. The summed E-state index contributed by atoms with van der Waals surface area (Å²) in [4.78, 5) is 18.9. The molecule has 0 atom stereocenters. The zero-order valence-corrected chi connectivity index (χ0v) is 21.5. The third kappa shape index (κ3) is 5.38. The largest absolute Gasteiger partial charge is 0.472 e. The summed E-state index contributed by atoms with van der Waals surface area (Å²) in [6.07, 6.45) is 2.84. The van der Waals surface area contributed by atoms with Gasteiger partial charge in [0, 0.05) is 25.8 Å². The maximum Gasteiger partial charge on any atom is 0.410 e. The van der Waals surface area contributed by atoms with Gasteiger partial charge in [-0.05, 0) is 52.2 Å². The summed E-state index contributed by atoms with van der Waals surface area (Å²) in [6.45, 7) is 9.62. The number of ether oxygens (including phenoxy) is 2. The molecule has 0 unspecified atom stereocenters. The fourth-order valence-corrected chi connectivity index (χ4v) is 4.57. The first-order chi connectivity index (χ1) is 17.3. The van der Waals surface area contributed by atoms with Gasteiger partial charge in [0.05, 0.1) is 23.5 Å². The normalized spacial score (nSPS) is 15.4. The maximum atomic E-state index is 12.6. The SMILES string of the molecule is CCNc1nn(C2(CC#N)CCN(C(=O)OC(C)(C)C)CC2)c2ccnc(OCc3ccccc3)c12. The highest BCUT2D eigenvalue weighted by Gasteiger charge is 2.41. The number of fused-ring (bicyclic) bond motifs is 1. The molecular weight excluding hydrogens is 456 g/mol. The Morgan fingerprint density at radius 2 is 1.92 bits per heavy atom. The van der Waals surface area contributed by atoms with Crippen molar-refractivity contribution in [2.45, 2.75) is 64.7 Å². The number of hydrogen-bond donors (Lipinski definition) is 1. The van der Waals surface area contributed by atoms with Crippen LogP contribution in [0.15, 0.2) is 42.6 Å². The average Bonchev–Trinajstić information content (AvgIpc) is 3.23. The Labute approximate surface area is 212 Å². The molecule has 1 aliphatic rings. The second kappa shape index (κ2) is 10.4. The van der Waals surface area contributed by atoms with Crippen LogP contribution < -0.4 is 10.1 Å². The number of nitriles is 1. The van der Waals surface area contributed by atoms with Gasteiger partial charge in [-0.25, -0.2) is 9.78 Å². The Balaban J connectivity index is 1.67. The number of pyridine rings is 1. The third-order valence-electron chi connectivity index (χ3n) is 6.33. The summed E-state index contributed by atoms with van der Waals surface area (Å²) in [6, 6.07) is 14.2. The van der Waals surface area contributed by atoms with E-state index < -0.39 is 11.1 Å². The van der Waals surface area contributed by atoms with Crippen molar-refractivity contribution >= 4 is 22.8 Å². The van der Waals surface area contributed by atoms with E-state index in [9.17, 15) is 10.1 Å². The number of hydrogen-bond acceptors (Lipinski definition) is 7. The van der Waals surface area contributed by atoms with Crippen LogP contribution in [0.25, 0.3) is 10.9 Å². The lowest BCUT2D eigenvalue weighted by molar-refractivity contribution is 0.0110. The molecule has 3 aromatic rings. The van der Waals surface area contributed by atoms with E-state index in [-0.39, 0.29) is 12.5 Å². The fourth-order valence-electron chi connectivity index (χ4n) is 4.57. The van der Waals surface area contributed by atoms with Crippen molar-refractivity contribution in [3.8, 4) is 11.9 Å². The number of amides is 1. The highest BCUT2D eigenvalue weighted by atomic mass is 16.6. The molecule has 9 nitrogen and oxygen atoms in total. The number of aromatic nitrogens is 3. The van der Waals surface area contributed by atoms with Crippen LogP contribution in [-0.2, 0) is 16.9 Å². The average molecular weight is 491 g/mol. The Kier molecular flexibility index (Phi) is 7.34. The van der Waals surface area contributed by atoms with Crippen LogP contribution in [0, 0.1) is 11.3 Å². The predicted molar refractivity (Wildman–Crippen MR) is 138 cm³/mol. The molecule has 1 aromatic carbocycles. The molecule has 0 radical (unpaired) electrons. The van der Waals surface area contributed by atoms with E-state index in [2.05, 4.69) is 16.4 Å². The third-order valence-corrected chi connectivity index (χ3v) is 6.33. The van der Waals surface area contributed by atoms with Crippen molar-refractivity contribution in [3.05, 3.63) is 48.2 Å². The number of benzene rings is 1. The van der Waals surface area contributed by atoms with Gasteiger partial charge in [-0.1, -0.05) is 30.3 Å². The van der Waals surface area contributed by atoms with Crippen LogP contribution >= 0.6 is 0 Å². The molecule has 2 aromatic heterocycles. The fraction of sp³-hybridized carbons (Fsp3) is 0.481. The first-order valence-corrected chi connectivity index (χ1v) is 12.4. The summed E-state index contributed by atoms with van der Waals surface area (Å²) in [5.41, 5.74) is 0.784. The van der Waals surface area contributed by atoms with E-state index in [4.69, 9.17) is 14.6 Å². The monoisotopic (exact) mass is 490 g/mol. The summed E-state index contributed by atoms with van der Waals surface area (Å²) in [5.74, 6) is 1.17. The topological polar surface area (TPSA) is 105 Å². The van der Waals surface area contributed by atoms with Gasteiger partial charge in [0.15, 0.2) is 5.82 Å². The molecule has 190 valence electrons. The van der Waals surface area contributed by atoms with Crippen molar-refractivity contribution in [2.24, 2.45) is 0 Å². The molecule has 4 rings (SSSR count). The predicted octanol–water partition coefficient (Wildman–Crippen LogP) is 5.08. The zero-order valence-electron chi connectivity index (χ0n) is 21.5. The van der Waals surface area contributed by atoms with E-state index in [1.807, 2.05) is 68.8 Å². The standard InChI is InChI=1S/C27H34N6O3/c1-5-29-23-22-21(11-16-30-24(22)35-19-20-9-7-6-8-10-20)33(31-23)27(12-15-28)13-17-32(18-14-27)25(34)36-26(2,3)4/h6-11,16H,5,12-14,17-19H2,1-4H3,(H,29,31). The molecule has 1 N–H and O–H groups in total. The van der Waals surface area contributed by atoms with Gasteiger partial charge < -0.3 is 19.7 Å². The van der Waals surface area contributed by atoms with E-state index in [0.29, 0.717) is 50.8 Å². The molecule has 36 heavy (non-hydrogen) atoms. The number of carbonyl (C=O) groups is 1. The smallest absolute Gasteiger partial charge is 0.410 e. The molecule has 0 bridgehead atoms.